The summed E-state index contributed by atoms with van der Waals surface area (Å²) in [6.45, 7) is 0. The lowest BCUT2D eigenvalue weighted by atomic mass is 10.4. The Bertz CT molecular complexity index is 497. The van der Waals surface area contributed by atoms with Gasteiger partial charge in [-0.1, -0.05) is 89.4 Å². The molecular weight excluding hydrogens is 355 g/mol. The zero-order chi connectivity index (χ0) is 15.3. The summed E-state index contributed by atoms with van der Waals surface area (Å²) in [5.74, 6) is 0. The van der Waals surface area contributed by atoms with E-state index in [-0.39, 0.29) is 13.5 Å². The molecular formula is C18H17Cl3S. The van der Waals surface area contributed by atoms with E-state index in [9.17, 15) is 0 Å². The molecule has 0 aliphatic heterocycles. The second kappa shape index (κ2) is 13.5. The zero-order valence-corrected chi connectivity index (χ0v) is 15.1. The maximum Gasteiger partial charge on any atom is 0.0405 e. The van der Waals surface area contributed by atoms with Crippen LogP contribution in [0, 0.1) is 0 Å². The number of benzene rings is 3. The van der Waals surface area contributed by atoms with E-state index >= 15 is 0 Å². The lowest BCUT2D eigenvalue weighted by Gasteiger charge is -1.80. The Morgan fingerprint density at radius 1 is 0.364 bits per heavy atom. The second-order valence-electron chi connectivity index (χ2n) is 3.89. The first-order valence-electron chi connectivity index (χ1n) is 6.30. The standard InChI is InChI=1S/3C6H5Cl.H2S/c3*7-6-4-2-1-3-5-6;/h3*1-5H;1H2. The van der Waals surface area contributed by atoms with E-state index in [1.807, 2.05) is 91.0 Å². The molecule has 0 aromatic heterocycles. The Labute approximate surface area is 154 Å². The predicted molar refractivity (Wildman–Crippen MR) is 105 cm³/mol. The molecule has 0 aliphatic carbocycles. The molecule has 0 amide bonds. The van der Waals surface area contributed by atoms with E-state index in [0.29, 0.717) is 0 Å². The zero-order valence-electron chi connectivity index (χ0n) is 11.8. The van der Waals surface area contributed by atoms with Crippen LogP contribution in [0.2, 0.25) is 15.1 Å². The molecule has 0 saturated heterocycles. The minimum atomic E-state index is 0. The van der Waals surface area contributed by atoms with Gasteiger partial charge in [0.15, 0.2) is 0 Å². The average Bonchev–Trinajstić information content (AvgIpc) is 2.51. The molecule has 0 atom stereocenters. The molecule has 0 unspecified atom stereocenters. The van der Waals surface area contributed by atoms with Gasteiger partial charge in [0.2, 0.25) is 0 Å². The van der Waals surface area contributed by atoms with Gasteiger partial charge in [0.1, 0.15) is 0 Å². The number of halogens is 3. The maximum absolute atomic E-state index is 5.54. The first-order chi connectivity index (χ1) is 10.2. The molecule has 22 heavy (non-hydrogen) atoms. The highest BCUT2D eigenvalue weighted by molar-refractivity contribution is 7.59. The van der Waals surface area contributed by atoms with Crippen LogP contribution in [0.4, 0.5) is 0 Å². The summed E-state index contributed by atoms with van der Waals surface area (Å²) in [7, 11) is 0. The summed E-state index contributed by atoms with van der Waals surface area (Å²) >= 11 is 16.6. The molecule has 116 valence electrons. The van der Waals surface area contributed by atoms with Crippen LogP contribution in [0.3, 0.4) is 0 Å². The minimum Gasteiger partial charge on any atom is -0.197 e. The van der Waals surface area contributed by atoms with Gasteiger partial charge in [-0.25, -0.2) is 0 Å². The molecule has 0 radical (unpaired) electrons. The third-order valence-electron chi connectivity index (χ3n) is 2.20. The molecule has 0 spiro atoms. The van der Waals surface area contributed by atoms with E-state index in [4.69, 9.17) is 34.8 Å². The molecule has 4 heteroatoms. The van der Waals surface area contributed by atoms with E-state index in [0.717, 1.165) is 15.1 Å². The topological polar surface area (TPSA) is 0 Å². The van der Waals surface area contributed by atoms with Crippen LogP contribution in [0.5, 0.6) is 0 Å². The van der Waals surface area contributed by atoms with Crippen molar-refractivity contribution in [3.63, 3.8) is 0 Å². The van der Waals surface area contributed by atoms with Crippen LogP contribution in [0.15, 0.2) is 91.0 Å². The molecule has 0 saturated carbocycles. The normalized spacial score (nSPS) is 8.32. The van der Waals surface area contributed by atoms with Crippen molar-refractivity contribution >= 4 is 48.3 Å². The fraction of sp³-hybridized carbons (Fsp3) is 0. The predicted octanol–water partition coefficient (Wildman–Crippen LogP) is 7.13. The van der Waals surface area contributed by atoms with Gasteiger partial charge in [-0.05, 0) is 36.4 Å². The van der Waals surface area contributed by atoms with E-state index in [1.165, 1.54) is 0 Å². The summed E-state index contributed by atoms with van der Waals surface area (Å²) in [4.78, 5) is 0. The van der Waals surface area contributed by atoms with Crippen molar-refractivity contribution in [3.8, 4) is 0 Å². The van der Waals surface area contributed by atoms with Gasteiger partial charge in [0.25, 0.3) is 0 Å². The van der Waals surface area contributed by atoms with Crippen molar-refractivity contribution in [2.45, 2.75) is 0 Å². The van der Waals surface area contributed by atoms with Crippen molar-refractivity contribution in [2.75, 3.05) is 0 Å². The highest BCUT2D eigenvalue weighted by atomic mass is 35.5. The summed E-state index contributed by atoms with van der Waals surface area (Å²) < 4.78 is 0. The Morgan fingerprint density at radius 2 is 0.545 bits per heavy atom. The van der Waals surface area contributed by atoms with Gasteiger partial charge in [-0.3, -0.25) is 0 Å². The van der Waals surface area contributed by atoms with Gasteiger partial charge >= 0.3 is 0 Å². The average molecular weight is 372 g/mol. The Kier molecular flexibility index (Phi) is 12.8. The molecule has 0 fully saturated rings. The van der Waals surface area contributed by atoms with Crippen LogP contribution in [-0.2, 0) is 0 Å². The molecule has 3 aromatic rings. The van der Waals surface area contributed by atoms with Gasteiger partial charge in [0, 0.05) is 15.1 Å². The number of hydrogen-bond acceptors (Lipinski definition) is 0. The second-order valence-corrected chi connectivity index (χ2v) is 5.20. The third kappa shape index (κ3) is 11.5. The summed E-state index contributed by atoms with van der Waals surface area (Å²) in [6, 6.07) is 28.3. The van der Waals surface area contributed by atoms with Gasteiger partial charge in [0.05, 0.1) is 0 Å². The van der Waals surface area contributed by atoms with E-state index < -0.39 is 0 Å². The SMILES string of the molecule is Clc1ccccc1.Clc1ccccc1.Clc1ccccc1.S. The molecule has 0 bridgehead atoms. The highest BCUT2D eigenvalue weighted by Crippen LogP contribution is 2.04. The number of rotatable bonds is 0. The minimum absolute atomic E-state index is 0. The van der Waals surface area contributed by atoms with Crippen LogP contribution < -0.4 is 0 Å². The first kappa shape index (κ1) is 20.9. The third-order valence-corrected chi connectivity index (χ3v) is 2.96. The van der Waals surface area contributed by atoms with Crippen molar-refractivity contribution < 1.29 is 0 Å². The Hall–Kier alpha value is -1.12. The monoisotopic (exact) mass is 370 g/mol. The van der Waals surface area contributed by atoms with Crippen LogP contribution in [-0.4, -0.2) is 0 Å². The fourth-order valence-electron chi connectivity index (χ4n) is 1.24. The van der Waals surface area contributed by atoms with Gasteiger partial charge in [-0.2, -0.15) is 13.5 Å². The summed E-state index contributed by atoms with van der Waals surface area (Å²) in [5, 5.41) is 2.38. The van der Waals surface area contributed by atoms with Crippen LogP contribution >= 0.6 is 48.3 Å². The molecule has 3 rings (SSSR count). The largest absolute Gasteiger partial charge is 0.197 e. The molecule has 3 aromatic carbocycles. The quantitative estimate of drug-likeness (QED) is 0.394. The maximum atomic E-state index is 5.54. The lowest BCUT2D eigenvalue weighted by molar-refractivity contribution is 1.71. The van der Waals surface area contributed by atoms with Crippen LogP contribution in [0.1, 0.15) is 0 Å². The van der Waals surface area contributed by atoms with Crippen molar-refractivity contribution in [1.82, 2.24) is 0 Å². The van der Waals surface area contributed by atoms with Crippen molar-refractivity contribution in [3.05, 3.63) is 106 Å². The molecule has 0 nitrogen and oxygen atoms in total. The van der Waals surface area contributed by atoms with Gasteiger partial charge < -0.3 is 0 Å². The highest BCUT2D eigenvalue weighted by Gasteiger charge is 1.76. The van der Waals surface area contributed by atoms with E-state index in [2.05, 4.69) is 0 Å². The smallest absolute Gasteiger partial charge is 0.0405 e. The van der Waals surface area contributed by atoms with Crippen LogP contribution in [0.25, 0.3) is 0 Å². The Balaban J connectivity index is 0.000000294. The van der Waals surface area contributed by atoms with E-state index in [1.54, 1.807) is 0 Å². The molecule has 0 N–H and O–H groups in total. The van der Waals surface area contributed by atoms with Crippen molar-refractivity contribution in [1.29, 1.82) is 0 Å². The molecule has 0 heterocycles. The van der Waals surface area contributed by atoms with Crippen molar-refractivity contribution in [2.24, 2.45) is 0 Å². The first-order valence-corrected chi connectivity index (χ1v) is 7.43. The summed E-state index contributed by atoms with van der Waals surface area (Å²) in [5.41, 5.74) is 0. The summed E-state index contributed by atoms with van der Waals surface area (Å²) in [6.07, 6.45) is 0. The van der Waals surface area contributed by atoms with Gasteiger partial charge in [-0.15, -0.1) is 0 Å². The number of hydrogen-bond donors (Lipinski definition) is 0. The molecule has 0 aliphatic rings. The lowest BCUT2D eigenvalue weighted by Crippen LogP contribution is -1.55. The fourth-order valence-corrected chi connectivity index (χ4v) is 1.68. The Morgan fingerprint density at radius 3 is 0.636 bits per heavy atom.